The molecule has 0 spiro atoms. The zero-order valence-corrected chi connectivity index (χ0v) is 12.4. The molecule has 3 heterocycles. The van der Waals surface area contributed by atoms with Crippen LogP contribution in [0.2, 0.25) is 0 Å². The molecule has 3 rings (SSSR count). The molecule has 0 amide bonds. The molecule has 106 valence electrons. The Morgan fingerprint density at radius 2 is 1.90 bits per heavy atom. The fraction of sp³-hybridized carbons (Fsp3) is 0.133. The van der Waals surface area contributed by atoms with Crippen molar-refractivity contribution in [1.82, 2.24) is 14.5 Å². The van der Waals surface area contributed by atoms with Crippen molar-refractivity contribution < 1.29 is 9.53 Å². The lowest BCUT2D eigenvalue weighted by molar-refractivity contribution is 0.0606. The Bertz CT molecular complexity index is 764. The highest BCUT2D eigenvalue weighted by molar-refractivity contribution is 7.18. The summed E-state index contributed by atoms with van der Waals surface area (Å²) in [5.41, 5.74) is 2.74. The van der Waals surface area contributed by atoms with Gasteiger partial charge in [-0.3, -0.25) is 0 Å². The molecular weight excluding hydrogens is 286 g/mol. The zero-order valence-electron chi connectivity index (χ0n) is 11.6. The van der Waals surface area contributed by atoms with Crippen molar-refractivity contribution in [2.75, 3.05) is 7.11 Å². The number of nitrogens with zero attached hydrogens (tertiary/aromatic N) is 3. The van der Waals surface area contributed by atoms with Gasteiger partial charge >= 0.3 is 5.97 Å². The summed E-state index contributed by atoms with van der Waals surface area (Å²) in [6.45, 7) is 1.99. The molecular formula is C15H13N3O2S. The summed E-state index contributed by atoms with van der Waals surface area (Å²) in [6.07, 6.45) is 8.79. The third kappa shape index (κ3) is 2.34. The van der Waals surface area contributed by atoms with E-state index in [1.807, 2.05) is 36.0 Å². The highest BCUT2D eigenvalue weighted by atomic mass is 32.1. The third-order valence-electron chi connectivity index (χ3n) is 3.17. The van der Waals surface area contributed by atoms with E-state index < -0.39 is 0 Å². The molecule has 0 fully saturated rings. The van der Waals surface area contributed by atoms with Crippen LogP contribution < -0.4 is 0 Å². The Labute approximate surface area is 125 Å². The molecule has 3 aromatic heterocycles. The fourth-order valence-corrected chi connectivity index (χ4v) is 3.42. The number of methoxy groups -OCH3 is 1. The first-order valence-corrected chi connectivity index (χ1v) is 7.14. The first kappa shape index (κ1) is 13.5. The highest BCUT2D eigenvalue weighted by Crippen LogP contribution is 2.38. The average molecular weight is 299 g/mol. The third-order valence-corrected chi connectivity index (χ3v) is 4.48. The van der Waals surface area contributed by atoms with Crippen molar-refractivity contribution in [2.45, 2.75) is 6.92 Å². The number of hydrogen-bond acceptors (Lipinski definition) is 5. The van der Waals surface area contributed by atoms with Gasteiger partial charge in [0.15, 0.2) is 0 Å². The fourth-order valence-electron chi connectivity index (χ4n) is 2.22. The predicted molar refractivity (Wildman–Crippen MR) is 80.7 cm³/mol. The lowest BCUT2D eigenvalue weighted by Crippen LogP contribution is -2.04. The molecule has 0 N–H and O–H groups in total. The molecule has 0 saturated carbocycles. The number of rotatable bonds is 3. The summed E-state index contributed by atoms with van der Waals surface area (Å²) in [6, 6.07) is 3.84. The maximum atomic E-state index is 12.1. The van der Waals surface area contributed by atoms with E-state index in [1.54, 1.807) is 12.4 Å². The molecule has 0 aliphatic heterocycles. The van der Waals surface area contributed by atoms with Crippen molar-refractivity contribution in [3.05, 3.63) is 53.7 Å². The Kier molecular flexibility index (Phi) is 3.53. The van der Waals surface area contributed by atoms with Crippen molar-refractivity contribution in [3.8, 4) is 16.1 Å². The number of thiophene rings is 1. The SMILES string of the molecule is COC(=O)c1sc(-c2cncnc2)c(C)c1-n1cccc1. The van der Waals surface area contributed by atoms with Gasteiger partial charge < -0.3 is 9.30 Å². The topological polar surface area (TPSA) is 57.0 Å². The van der Waals surface area contributed by atoms with E-state index in [2.05, 4.69) is 9.97 Å². The summed E-state index contributed by atoms with van der Waals surface area (Å²) in [7, 11) is 1.39. The largest absolute Gasteiger partial charge is 0.465 e. The first-order valence-electron chi connectivity index (χ1n) is 6.32. The van der Waals surface area contributed by atoms with Crippen LogP contribution >= 0.6 is 11.3 Å². The number of aromatic nitrogens is 3. The minimum atomic E-state index is -0.338. The molecule has 0 saturated heterocycles. The molecule has 5 nitrogen and oxygen atoms in total. The van der Waals surface area contributed by atoms with Crippen LogP contribution in [0.25, 0.3) is 16.1 Å². The predicted octanol–water partition coefficient (Wildman–Crippen LogP) is 3.09. The second kappa shape index (κ2) is 5.49. The van der Waals surface area contributed by atoms with Gasteiger partial charge in [0.05, 0.1) is 12.8 Å². The quantitative estimate of drug-likeness (QED) is 0.697. The van der Waals surface area contributed by atoms with Crippen molar-refractivity contribution in [3.63, 3.8) is 0 Å². The standard InChI is InChI=1S/C15H13N3O2S/c1-10-12(18-5-3-4-6-18)14(15(19)20-2)21-13(10)11-7-16-9-17-8-11/h3-9H,1-2H3. The van der Waals surface area contributed by atoms with Crippen molar-refractivity contribution in [2.24, 2.45) is 0 Å². The van der Waals surface area contributed by atoms with E-state index >= 15 is 0 Å². The van der Waals surface area contributed by atoms with E-state index in [0.29, 0.717) is 4.88 Å². The smallest absolute Gasteiger partial charge is 0.350 e. The molecule has 0 radical (unpaired) electrons. The molecule has 0 bridgehead atoms. The Morgan fingerprint density at radius 1 is 1.24 bits per heavy atom. The number of carbonyl (C=O) groups is 1. The van der Waals surface area contributed by atoms with Crippen molar-refractivity contribution >= 4 is 17.3 Å². The van der Waals surface area contributed by atoms with E-state index in [0.717, 1.165) is 21.7 Å². The minimum Gasteiger partial charge on any atom is -0.465 e. The molecule has 0 unspecified atom stereocenters. The van der Waals surface area contributed by atoms with Crippen LogP contribution in [-0.2, 0) is 4.74 Å². The summed E-state index contributed by atoms with van der Waals surface area (Å²) < 4.78 is 6.83. The van der Waals surface area contributed by atoms with Crippen LogP contribution in [0.1, 0.15) is 15.2 Å². The van der Waals surface area contributed by atoms with E-state index in [9.17, 15) is 4.79 Å². The summed E-state index contributed by atoms with van der Waals surface area (Å²) >= 11 is 1.39. The van der Waals surface area contributed by atoms with E-state index in [-0.39, 0.29) is 5.97 Å². The van der Waals surface area contributed by atoms with Crippen molar-refractivity contribution in [1.29, 1.82) is 0 Å². The minimum absolute atomic E-state index is 0.338. The molecule has 0 aliphatic carbocycles. The number of esters is 1. The second-order valence-electron chi connectivity index (χ2n) is 4.44. The summed E-state index contributed by atoms with van der Waals surface area (Å²) in [4.78, 5) is 21.7. The average Bonchev–Trinajstić information content (AvgIpc) is 3.14. The molecule has 3 aromatic rings. The van der Waals surface area contributed by atoms with Crippen LogP contribution in [0, 0.1) is 6.92 Å². The Morgan fingerprint density at radius 3 is 2.52 bits per heavy atom. The lowest BCUT2D eigenvalue weighted by atomic mass is 10.1. The molecule has 0 aliphatic rings. The van der Waals surface area contributed by atoms with E-state index in [4.69, 9.17) is 4.74 Å². The van der Waals surface area contributed by atoms with Gasteiger partial charge in [-0.2, -0.15) is 0 Å². The van der Waals surface area contributed by atoms with E-state index in [1.165, 1.54) is 24.8 Å². The second-order valence-corrected chi connectivity index (χ2v) is 5.46. The molecule has 0 atom stereocenters. The van der Waals surface area contributed by atoms with Gasteiger partial charge in [0, 0.05) is 35.2 Å². The normalized spacial score (nSPS) is 10.6. The van der Waals surface area contributed by atoms with Gasteiger partial charge in [0.25, 0.3) is 0 Å². The molecule has 6 heteroatoms. The highest BCUT2D eigenvalue weighted by Gasteiger charge is 2.23. The van der Waals surface area contributed by atoms with Crippen LogP contribution in [-0.4, -0.2) is 27.6 Å². The van der Waals surface area contributed by atoms with Crippen LogP contribution in [0.3, 0.4) is 0 Å². The van der Waals surface area contributed by atoms with Gasteiger partial charge in [-0.1, -0.05) is 0 Å². The van der Waals surface area contributed by atoms with Gasteiger partial charge in [-0.25, -0.2) is 14.8 Å². The van der Waals surface area contributed by atoms with Crippen LogP contribution in [0.15, 0.2) is 43.2 Å². The summed E-state index contributed by atoms with van der Waals surface area (Å²) in [5.74, 6) is -0.338. The first-order chi connectivity index (χ1) is 10.2. The molecule has 21 heavy (non-hydrogen) atoms. The number of carbonyl (C=O) groups excluding carboxylic acids is 1. The molecule has 0 aromatic carbocycles. The maximum Gasteiger partial charge on any atom is 0.350 e. The Balaban J connectivity index is 2.23. The Hall–Kier alpha value is -2.47. The van der Waals surface area contributed by atoms with Crippen LogP contribution in [0.4, 0.5) is 0 Å². The number of ether oxygens (including phenoxy) is 1. The summed E-state index contributed by atoms with van der Waals surface area (Å²) in [5, 5.41) is 0. The van der Waals surface area contributed by atoms with Gasteiger partial charge in [-0.15, -0.1) is 11.3 Å². The number of hydrogen-bond donors (Lipinski definition) is 0. The monoisotopic (exact) mass is 299 g/mol. The van der Waals surface area contributed by atoms with Gasteiger partial charge in [0.2, 0.25) is 0 Å². The van der Waals surface area contributed by atoms with Gasteiger partial charge in [-0.05, 0) is 24.6 Å². The van der Waals surface area contributed by atoms with Gasteiger partial charge in [0.1, 0.15) is 11.2 Å². The lowest BCUT2D eigenvalue weighted by Gasteiger charge is -2.05. The maximum absolute atomic E-state index is 12.1. The van der Waals surface area contributed by atoms with Crippen LogP contribution in [0.5, 0.6) is 0 Å². The zero-order chi connectivity index (χ0) is 14.8.